The number of hydrogen-bond acceptors (Lipinski definition) is 6. The molecule has 1 heterocycles. The molecule has 29 heavy (non-hydrogen) atoms. The number of benzene rings is 1. The normalized spacial score (nSPS) is 16.3. The molecule has 1 atom stereocenters. The summed E-state index contributed by atoms with van der Waals surface area (Å²) >= 11 is 0. The number of carbonyl (C=O) groups is 3. The van der Waals surface area contributed by atoms with E-state index in [1.165, 1.54) is 21.3 Å². The van der Waals surface area contributed by atoms with Crippen molar-refractivity contribution in [1.82, 2.24) is 15.5 Å². The number of urea groups is 1. The third-order valence-corrected chi connectivity index (χ3v) is 5.32. The average molecular weight is 407 g/mol. The molecule has 1 saturated heterocycles. The third kappa shape index (κ3) is 4.23. The number of carbonyl (C=O) groups excluding carboxylic acids is 3. The molecule has 1 fully saturated rings. The summed E-state index contributed by atoms with van der Waals surface area (Å²) < 4.78 is 16.0. The fourth-order valence-electron chi connectivity index (χ4n) is 3.41. The number of amides is 4. The van der Waals surface area contributed by atoms with Crippen LogP contribution >= 0.6 is 0 Å². The van der Waals surface area contributed by atoms with Gasteiger partial charge in [-0.1, -0.05) is 13.8 Å². The molecule has 1 aliphatic heterocycles. The maximum absolute atomic E-state index is 12.6. The Kier molecular flexibility index (Phi) is 6.94. The number of rotatable bonds is 9. The molecule has 0 aliphatic carbocycles. The molecule has 1 aliphatic rings. The lowest BCUT2D eigenvalue weighted by molar-refractivity contribution is -0.135. The van der Waals surface area contributed by atoms with Crippen molar-refractivity contribution >= 4 is 17.8 Å². The Labute approximate surface area is 170 Å². The van der Waals surface area contributed by atoms with Gasteiger partial charge in [-0.15, -0.1) is 0 Å². The predicted octanol–water partition coefficient (Wildman–Crippen LogP) is 2.00. The van der Waals surface area contributed by atoms with Crippen LogP contribution in [-0.2, 0) is 9.59 Å². The van der Waals surface area contributed by atoms with Gasteiger partial charge in [0.15, 0.2) is 11.5 Å². The summed E-state index contributed by atoms with van der Waals surface area (Å²) in [5.74, 6) is 0.563. The van der Waals surface area contributed by atoms with E-state index in [1.807, 2.05) is 13.8 Å². The van der Waals surface area contributed by atoms with E-state index >= 15 is 0 Å². The molecule has 4 amide bonds. The van der Waals surface area contributed by atoms with Crippen LogP contribution in [0.2, 0.25) is 0 Å². The first-order valence-corrected chi connectivity index (χ1v) is 9.50. The number of ether oxygens (including phenoxy) is 3. The molecular weight excluding hydrogens is 378 g/mol. The van der Waals surface area contributed by atoms with Gasteiger partial charge in [0.2, 0.25) is 11.7 Å². The minimum Gasteiger partial charge on any atom is -0.493 e. The van der Waals surface area contributed by atoms with Crippen LogP contribution in [0.1, 0.15) is 45.2 Å². The van der Waals surface area contributed by atoms with Crippen molar-refractivity contribution in [1.29, 1.82) is 0 Å². The Bertz CT molecular complexity index is 765. The van der Waals surface area contributed by atoms with Crippen molar-refractivity contribution in [2.75, 3.05) is 27.9 Å². The molecule has 1 unspecified atom stereocenters. The second kappa shape index (κ2) is 9.02. The van der Waals surface area contributed by atoms with Gasteiger partial charge < -0.3 is 24.8 Å². The van der Waals surface area contributed by atoms with Gasteiger partial charge in [-0.2, -0.15) is 0 Å². The summed E-state index contributed by atoms with van der Waals surface area (Å²) in [5, 5.41) is 5.51. The van der Waals surface area contributed by atoms with Gasteiger partial charge in [-0.25, -0.2) is 4.79 Å². The highest BCUT2D eigenvalue weighted by Crippen LogP contribution is 2.39. The van der Waals surface area contributed by atoms with E-state index in [2.05, 4.69) is 10.6 Å². The van der Waals surface area contributed by atoms with E-state index in [-0.39, 0.29) is 12.5 Å². The summed E-state index contributed by atoms with van der Waals surface area (Å²) in [6.07, 6.45) is 0.933. The summed E-state index contributed by atoms with van der Waals surface area (Å²) in [7, 11) is 4.53. The predicted molar refractivity (Wildman–Crippen MR) is 106 cm³/mol. The number of methoxy groups -OCH3 is 3. The van der Waals surface area contributed by atoms with E-state index in [0.29, 0.717) is 30.1 Å². The van der Waals surface area contributed by atoms with Gasteiger partial charge >= 0.3 is 6.03 Å². The molecule has 0 bridgehead atoms. The fraction of sp³-hybridized carbons (Fsp3) is 0.550. The van der Waals surface area contributed by atoms with Crippen molar-refractivity contribution in [3.05, 3.63) is 17.7 Å². The molecule has 1 aromatic rings. The lowest BCUT2D eigenvalue weighted by Gasteiger charge is -2.23. The van der Waals surface area contributed by atoms with Crippen molar-refractivity contribution in [3.8, 4) is 17.2 Å². The molecule has 9 nitrogen and oxygen atoms in total. The zero-order chi connectivity index (χ0) is 21.8. The van der Waals surface area contributed by atoms with Gasteiger partial charge in [0, 0.05) is 0 Å². The number of nitrogens with one attached hydrogen (secondary N) is 2. The van der Waals surface area contributed by atoms with Crippen molar-refractivity contribution in [3.63, 3.8) is 0 Å². The molecule has 0 spiro atoms. The smallest absolute Gasteiger partial charge is 0.325 e. The highest BCUT2D eigenvalue weighted by atomic mass is 16.5. The van der Waals surface area contributed by atoms with Crippen molar-refractivity contribution in [2.24, 2.45) is 0 Å². The van der Waals surface area contributed by atoms with E-state index in [0.717, 1.165) is 10.5 Å². The number of imide groups is 1. The second-order valence-corrected chi connectivity index (χ2v) is 6.86. The monoisotopic (exact) mass is 407 g/mol. The van der Waals surface area contributed by atoms with Gasteiger partial charge in [-0.05, 0) is 37.5 Å². The molecule has 0 saturated carbocycles. The lowest BCUT2D eigenvalue weighted by Crippen LogP contribution is -2.46. The zero-order valence-corrected chi connectivity index (χ0v) is 17.8. The first-order valence-electron chi connectivity index (χ1n) is 9.50. The molecule has 9 heteroatoms. The van der Waals surface area contributed by atoms with Gasteiger partial charge in [0.1, 0.15) is 12.1 Å². The summed E-state index contributed by atoms with van der Waals surface area (Å²) in [5.41, 5.74) is -0.207. The van der Waals surface area contributed by atoms with Crippen LogP contribution in [0.3, 0.4) is 0 Å². The van der Waals surface area contributed by atoms with E-state index < -0.39 is 23.5 Å². The van der Waals surface area contributed by atoms with Crippen LogP contribution in [0.15, 0.2) is 12.1 Å². The largest absolute Gasteiger partial charge is 0.493 e. The number of nitrogens with zero attached hydrogens (tertiary/aromatic N) is 1. The van der Waals surface area contributed by atoms with Crippen LogP contribution in [0.5, 0.6) is 17.2 Å². The Morgan fingerprint density at radius 1 is 1.10 bits per heavy atom. The topological polar surface area (TPSA) is 106 Å². The second-order valence-electron chi connectivity index (χ2n) is 6.86. The highest BCUT2D eigenvalue weighted by molar-refractivity contribution is 6.09. The summed E-state index contributed by atoms with van der Waals surface area (Å²) in [6, 6.07) is 2.51. The molecule has 1 aromatic carbocycles. The third-order valence-electron chi connectivity index (χ3n) is 5.32. The van der Waals surface area contributed by atoms with Gasteiger partial charge in [0.25, 0.3) is 5.91 Å². The van der Waals surface area contributed by atoms with Crippen LogP contribution < -0.4 is 24.8 Å². The first kappa shape index (κ1) is 22.3. The summed E-state index contributed by atoms with van der Waals surface area (Å²) in [6.45, 7) is 5.10. The fourth-order valence-corrected chi connectivity index (χ4v) is 3.41. The lowest BCUT2D eigenvalue weighted by atomic mass is 9.93. The summed E-state index contributed by atoms with van der Waals surface area (Å²) in [4.78, 5) is 38.3. The molecule has 0 radical (unpaired) electrons. The molecule has 0 aromatic heterocycles. The minimum absolute atomic E-state index is 0.346. The molecular formula is C20H29N3O6. The molecule has 2 N–H and O–H groups in total. The SMILES string of the molecule is CCC1(CC)NC(=O)N(CC(=O)NC(C)c2cc(OC)c(OC)c(OC)c2)C1=O. The quantitative estimate of drug-likeness (QED) is 0.607. The Hall–Kier alpha value is -2.97. The Morgan fingerprint density at radius 3 is 2.07 bits per heavy atom. The van der Waals surface area contributed by atoms with Gasteiger partial charge in [0.05, 0.1) is 27.4 Å². The zero-order valence-electron chi connectivity index (χ0n) is 17.8. The Balaban J connectivity index is 2.14. The molecule has 160 valence electrons. The maximum Gasteiger partial charge on any atom is 0.325 e. The van der Waals surface area contributed by atoms with Crippen molar-refractivity contribution < 1.29 is 28.6 Å². The maximum atomic E-state index is 12.6. The van der Waals surface area contributed by atoms with Crippen LogP contribution in [-0.4, -0.2) is 56.2 Å². The van der Waals surface area contributed by atoms with Crippen LogP contribution in [0.4, 0.5) is 4.79 Å². The molecule has 2 rings (SSSR count). The van der Waals surface area contributed by atoms with E-state index in [1.54, 1.807) is 19.1 Å². The van der Waals surface area contributed by atoms with Gasteiger partial charge in [-0.3, -0.25) is 14.5 Å². The average Bonchev–Trinajstić information content (AvgIpc) is 2.96. The minimum atomic E-state index is -0.931. The highest BCUT2D eigenvalue weighted by Gasteiger charge is 2.49. The number of hydrogen-bond donors (Lipinski definition) is 2. The van der Waals surface area contributed by atoms with Crippen LogP contribution in [0.25, 0.3) is 0 Å². The standard InChI is InChI=1S/C20H29N3O6/c1-7-20(8-2)18(25)23(19(26)22-20)11-16(24)21-12(3)13-9-14(27-4)17(29-6)15(10-13)28-5/h9-10,12H,7-8,11H2,1-6H3,(H,21,24)(H,22,26). The van der Waals surface area contributed by atoms with E-state index in [4.69, 9.17) is 14.2 Å². The van der Waals surface area contributed by atoms with Crippen molar-refractivity contribution in [2.45, 2.75) is 45.2 Å². The van der Waals surface area contributed by atoms with Crippen LogP contribution in [0, 0.1) is 0 Å². The first-order chi connectivity index (χ1) is 13.8. The Morgan fingerprint density at radius 2 is 1.66 bits per heavy atom. The van der Waals surface area contributed by atoms with E-state index in [9.17, 15) is 14.4 Å².